The van der Waals surface area contributed by atoms with Crippen LogP contribution in [0, 0.1) is 0 Å². The number of aromatic amines is 1. The summed E-state index contributed by atoms with van der Waals surface area (Å²) in [6.45, 7) is 0.607. The molecule has 0 bridgehead atoms. The predicted octanol–water partition coefficient (Wildman–Crippen LogP) is 4.00. The Bertz CT molecular complexity index is 762. The fraction of sp³-hybridized carbons (Fsp3) is 0.176. The van der Waals surface area contributed by atoms with E-state index in [1.807, 2.05) is 36.5 Å². The van der Waals surface area contributed by atoms with Crippen LogP contribution in [0.2, 0.25) is 5.02 Å². The van der Waals surface area contributed by atoms with Crippen molar-refractivity contribution in [2.75, 3.05) is 13.7 Å². The second-order valence-corrected chi connectivity index (χ2v) is 5.31. The van der Waals surface area contributed by atoms with Crippen LogP contribution < -0.4 is 10.5 Å². The number of nitrogens with one attached hydrogen (secondary N) is 1. The van der Waals surface area contributed by atoms with Gasteiger partial charge in [0.15, 0.2) is 0 Å². The molecule has 1 heterocycles. The summed E-state index contributed by atoms with van der Waals surface area (Å²) in [4.78, 5) is 3.25. The van der Waals surface area contributed by atoms with Crippen LogP contribution in [0.15, 0.2) is 42.6 Å². The van der Waals surface area contributed by atoms with Crippen LogP contribution in [0.3, 0.4) is 0 Å². The molecule has 21 heavy (non-hydrogen) atoms. The third-order valence-corrected chi connectivity index (χ3v) is 4.07. The van der Waals surface area contributed by atoms with Crippen molar-refractivity contribution in [3.8, 4) is 16.9 Å². The lowest BCUT2D eigenvalue weighted by Gasteiger charge is -2.08. The molecule has 3 nitrogen and oxygen atoms in total. The van der Waals surface area contributed by atoms with Crippen LogP contribution >= 0.6 is 11.6 Å². The Morgan fingerprint density at radius 1 is 1.14 bits per heavy atom. The number of rotatable bonds is 4. The van der Waals surface area contributed by atoms with Crippen LogP contribution in [-0.2, 0) is 6.42 Å². The number of H-pyrrole nitrogens is 1. The molecule has 0 aliphatic rings. The van der Waals surface area contributed by atoms with Gasteiger partial charge in [0.2, 0.25) is 0 Å². The summed E-state index contributed by atoms with van der Waals surface area (Å²) in [7, 11) is 1.66. The third-order valence-electron chi connectivity index (χ3n) is 3.68. The molecule has 0 fully saturated rings. The van der Waals surface area contributed by atoms with Gasteiger partial charge in [0.1, 0.15) is 5.75 Å². The standard InChI is InChI=1S/C17H17ClN2O/c1-21-13-4-2-11(3-5-13)14-6-7-15-16(17(14)18)12(8-9-19)10-20-15/h2-7,10,20H,8-9,19H2,1H3. The number of hydrogen-bond acceptors (Lipinski definition) is 2. The van der Waals surface area contributed by atoms with Crippen molar-refractivity contribution < 1.29 is 4.74 Å². The van der Waals surface area contributed by atoms with E-state index in [0.717, 1.165) is 44.8 Å². The molecule has 0 saturated carbocycles. The van der Waals surface area contributed by atoms with E-state index in [2.05, 4.69) is 11.1 Å². The van der Waals surface area contributed by atoms with Gasteiger partial charge in [-0.25, -0.2) is 0 Å². The van der Waals surface area contributed by atoms with E-state index in [4.69, 9.17) is 22.1 Å². The van der Waals surface area contributed by atoms with Crippen molar-refractivity contribution in [3.63, 3.8) is 0 Å². The van der Waals surface area contributed by atoms with E-state index in [-0.39, 0.29) is 0 Å². The average molecular weight is 301 g/mol. The zero-order chi connectivity index (χ0) is 14.8. The topological polar surface area (TPSA) is 51.0 Å². The molecule has 0 spiro atoms. The first-order chi connectivity index (χ1) is 10.2. The first-order valence-corrected chi connectivity index (χ1v) is 7.25. The number of nitrogens with two attached hydrogens (primary N) is 1. The first kappa shape index (κ1) is 14.0. The van der Waals surface area contributed by atoms with Gasteiger partial charge in [-0.05, 0) is 42.3 Å². The largest absolute Gasteiger partial charge is 0.497 e. The number of ether oxygens (including phenoxy) is 1. The highest BCUT2D eigenvalue weighted by Gasteiger charge is 2.12. The molecule has 0 unspecified atom stereocenters. The molecule has 108 valence electrons. The van der Waals surface area contributed by atoms with Crippen molar-refractivity contribution in [1.82, 2.24) is 4.98 Å². The van der Waals surface area contributed by atoms with Gasteiger partial charge in [0.05, 0.1) is 12.1 Å². The SMILES string of the molecule is COc1ccc(-c2ccc3[nH]cc(CCN)c3c2Cl)cc1. The number of methoxy groups -OCH3 is 1. The average Bonchev–Trinajstić information content (AvgIpc) is 2.92. The van der Waals surface area contributed by atoms with Gasteiger partial charge in [0.25, 0.3) is 0 Å². The lowest BCUT2D eigenvalue weighted by Crippen LogP contribution is -2.02. The van der Waals surface area contributed by atoms with Crippen molar-refractivity contribution in [2.45, 2.75) is 6.42 Å². The summed E-state index contributed by atoms with van der Waals surface area (Å²) >= 11 is 6.64. The molecule has 0 radical (unpaired) electrons. The minimum absolute atomic E-state index is 0.607. The fourth-order valence-electron chi connectivity index (χ4n) is 2.59. The maximum absolute atomic E-state index is 6.64. The molecular weight excluding hydrogens is 284 g/mol. The summed E-state index contributed by atoms with van der Waals surface area (Å²) in [5.41, 5.74) is 9.96. The Morgan fingerprint density at radius 3 is 2.57 bits per heavy atom. The molecule has 0 saturated heterocycles. The van der Waals surface area contributed by atoms with Crippen LogP contribution in [0.25, 0.3) is 22.0 Å². The van der Waals surface area contributed by atoms with Crippen LogP contribution in [-0.4, -0.2) is 18.6 Å². The van der Waals surface area contributed by atoms with Crippen LogP contribution in [0.5, 0.6) is 5.75 Å². The van der Waals surface area contributed by atoms with Crippen LogP contribution in [0.1, 0.15) is 5.56 Å². The van der Waals surface area contributed by atoms with Crippen LogP contribution in [0.4, 0.5) is 0 Å². The molecular formula is C17H17ClN2O. The molecule has 2 aromatic carbocycles. The summed E-state index contributed by atoms with van der Waals surface area (Å²) in [6, 6.07) is 12.0. The smallest absolute Gasteiger partial charge is 0.118 e. The van der Waals surface area contributed by atoms with Gasteiger partial charge in [-0.15, -0.1) is 0 Å². The molecule has 0 atom stereocenters. The number of halogens is 1. The molecule has 3 rings (SSSR count). The molecule has 4 heteroatoms. The van der Waals surface area contributed by atoms with E-state index in [1.54, 1.807) is 7.11 Å². The van der Waals surface area contributed by atoms with Gasteiger partial charge in [-0.1, -0.05) is 29.8 Å². The Kier molecular flexibility index (Phi) is 3.86. The summed E-state index contributed by atoms with van der Waals surface area (Å²) in [5, 5.41) is 1.83. The minimum atomic E-state index is 0.607. The Morgan fingerprint density at radius 2 is 1.90 bits per heavy atom. The number of hydrogen-bond donors (Lipinski definition) is 2. The molecule has 0 amide bonds. The summed E-state index contributed by atoms with van der Waals surface area (Å²) < 4.78 is 5.19. The lowest BCUT2D eigenvalue weighted by molar-refractivity contribution is 0.415. The summed E-state index contributed by atoms with van der Waals surface area (Å²) in [6.07, 6.45) is 2.80. The zero-order valence-corrected chi connectivity index (χ0v) is 12.6. The highest BCUT2D eigenvalue weighted by Crippen LogP contribution is 2.36. The highest BCUT2D eigenvalue weighted by molar-refractivity contribution is 6.38. The predicted molar refractivity (Wildman–Crippen MR) is 88.1 cm³/mol. The van der Waals surface area contributed by atoms with E-state index in [0.29, 0.717) is 6.54 Å². The number of aromatic nitrogens is 1. The maximum atomic E-state index is 6.64. The number of benzene rings is 2. The van der Waals surface area contributed by atoms with Gasteiger partial charge in [0, 0.05) is 22.7 Å². The van der Waals surface area contributed by atoms with E-state index >= 15 is 0 Å². The monoisotopic (exact) mass is 300 g/mol. The minimum Gasteiger partial charge on any atom is -0.497 e. The van der Waals surface area contributed by atoms with Gasteiger partial charge in [-0.2, -0.15) is 0 Å². The summed E-state index contributed by atoms with van der Waals surface area (Å²) in [5.74, 6) is 0.835. The van der Waals surface area contributed by atoms with Gasteiger partial charge >= 0.3 is 0 Å². The zero-order valence-electron chi connectivity index (χ0n) is 11.8. The second-order valence-electron chi connectivity index (χ2n) is 4.93. The number of fused-ring (bicyclic) bond motifs is 1. The third kappa shape index (κ3) is 2.50. The van der Waals surface area contributed by atoms with E-state index < -0.39 is 0 Å². The Balaban J connectivity index is 2.13. The molecule has 0 aliphatic carbocycles. The van der Waals surface area contributed by atoms with Gasteiger partial charge < -0.3 is 15.5 Å². The fourth-order valence-corrected chi connectivity index (χ4v) is 2.99. The molecule has 0 aliphatic heterocycles. The lowest BCUT2D eigenvalue weighted by atomic mass is 10.0. The molecule has 1 aromatic heterocycles. The first-order valence-electron chi connectivity index (χ1n) is 6.87. The van der Waals surface area contributed by atoms with E-state index in [9.17, 15) is 0 Å². The van der Waals surface area contributed by atoms with Crippen molar-refractivity contribution >= 4 is 22.5 Å². The van der Waals surface area contributed by atoms with Crippen molar-refractivity contribution in [3.05, 3.63) is 53.2 Å². The normalized spacial score (nSPS) is 11.0. The van der Waals surface area contributed by atoms with E-state index in [1.165, 1.54) is 0 Å². The second kappa shape index (κ2) is 5.80. The molecule has 3 N–H and O–H groups in total. The Hall–Kier alpha value is -1.97. The highest BCUT2D eigenvalue weighted by atomic mass is 35.5. The van der Waals surface area contributed by atoms with Gasteiger partial charge in [-0.3, -0.25) is 0 Å². The quantitative estimate of drug-likeness (QED) is 0.765. The molecule has 3 aromatic rings. The van der Waals surface area contributed by atoms with Crippen molar-refractivity contribution in [1.29, 1.82) is 0 Å². The van der Waals surface area contributed by atoms with Crippen molar-refractivity contribution in [2.24, 2.45) is 5.73 Å². The maximum Gasteiger partial charge on any atom is 0.118 e. The Labute approximate surface area is 128 Å².